The molecule has 30 heavy (non-hydrogen) atoms. The molecule has 3 N–H and O–H groups in total. The zero-order chi connectivity index (χ0) is 20.9. The van der Waals surface area contributed by atoms with Crippen LogP contribution in [0.25, 0.3) is 5.82 Å². The molecule has 1 atom stereocenters. The second-order valence-electron chi connectivity index (χ2n) is 7.61. The second kappa shape index (κ2) is 9.13. The van der Waals surface area contributed by atoms with Crippen LogP contribution in [0.3, 0.4) is 0 Å². The largest absolute Gasteiger partial charge is 0.378 e. The van der Waals surface area contributed by atoms with Crippen LogP contribution in [0.15, 0.2) is 21.9 Å². The van der Waals surface area contributed by atoms with Crippen LogP contribution in [0.4, 0.5) is 5.82 Å². The fourth-order valence-corrected chi connectivity index (χ4v) is 3.55. The molecule has 2 aromatic heterocycles. The van der Waals surface area contributed by atoms with E-state index in [1.165, 1.54) is 4.68 Å². The molecule has 1 aliphatic heterocycles. The lowest BCUT2D eigenvalue weighted by Crippen LogP contribution is -2.44. The molecule has 1 saturated heterocycles. The number of hydrogen-bond acceptors (Lipinski definition) is 10. The van der Waals surface area contributed by atoms with Crippen molar-refractivity contribution >= 4 is 17.9 Å². The number of anilines is 1. The summed E-state index contributed by atoms with van der Waals surface area (Å²) in [5, 5.41) is 19.7. The third kappa shape index (κ3) is 4.54. The molecule has 2 aliphatic rings. The molecule has 0 spiro atoms. The Balaban J connectivity index is 1.53. The van der Waals surface area contributed by atoms with Crippen LogP contribution >= 0.6 is 0 Å². The highest BCUT2D eigenvalue weighted by molar-refractivity contribution is 5.93. The van der Waals surface area contributed by atoms with Crippen molar-refractivity contribution < 1.29 is 9.42 Å². The van der Waals surface area contributed by atoms with Gasteiger partial charge in [-0.1, -0.05) is 17.4 Å². The van der Waals surface area contributed by atoms with Gasteiger partial charge in [-0.3, -0.25) is 9.69 Å². The first-order chi connectivity index (χ1) is 14.6. The summed E-state index contributed by atoms with van der Waals surface area (Å²) in [5.74, 6) is 0.192. The van der Waals surface area contributed by atoms with Gasteiger partial charge in [-0.25, -0.2) is 10.1 Å². The number of piperazine rings is 1. The van der Waals surface area contributed by atoms with E-state index in [1.54, 1.807) is 6.21 Å². The molecule has 12 heteroatoms. The number of hydrogen-bond donors (Lipinski definition) is 2. The summed E-state index contributed by atoms with van der Waals surface area (Å²) >= 11 is 0. The molecular formula is C18H26N10O2. The van der Waals surface area contributed by atoms with E-state index in [9.17, 15) is 4.79 Å². The number of rotatable bonds is 6. The second-order valence-corrected chi connectivity index (χ2v) is 7.61. The molecule has 2 aromatic rings. The Morgan fingerprint density at radius 2 is 2.17 bits per heavy atom. The molecule has 0 bridgehead atoms. The van der Waals surface area contributed by atoms with E-state index in [0.717, 1.165) is 45.4 Å². The Morgan fingerprint density at radius 3 is 2.87 bits per heavy atom. The van der Waals surface area contributed by atoms with Crippen molar-refractivity contribution in [3.8, 4) is 5.82 Å². The van der Waals surface area contributed by atoms with Crippen molar-refractivity contribution in [1.82, 2.24) is 40.5 Å². The van der Waals surface area contributed by atoms with Gasteiger partial charge in [0.15, 0.2) is 5.69 Å². The summed E-state index contributed by atoms with van der Waals surface area (Å²) < 4.78 is 6.11. The average molecular weight is 414 g/mol. The van der Waals surface area contributed by atoms with Crippen molar-refractivity contribution in [3.63, 3.8) is 0 Å². The Kier molecular flexibility index (Phi) is 6.14. The zero-order valence-electron chi connectivity index (χ0n) is 16.9. The van der Waals surface area contributed by atoms with Gasteiger partial charge in [-0.15, -0.1) is 5.10 Å². The quantitative estimate of drug-likeness (QED) is 0.381. The van der Waals surface area contributed by atoms with E-state index < -0.39 is 5.91 Å². The van der Waals surface area contributed by atoms with Gasteiger partial charge in [-0.05, 0) is 42.5 Å². The van der Waals surface area contributed by atoms with Crippen molar-refractivity contribution in [2.24, 2.45) is 11.0 Å². The van der Waals surface area contributed by atoms with Crippen LogP contribution in [0, 0.1) is 5.92 Å². The van der Waals surface area contributed by atoms with E-state index in [1.807, 2.05) is 0 Å². The lowest BCUT2D eigenvalue weighted by Gasteiger charge is -2.32. The number of aromatic nitrogens is 5. The number of nitrogens with zero attached hydrogens (tertiary/aromatic N) is 8. The number of nitrogens with one attached hydrogen (secondary N) is 1. The molecule has 0 saturated carbocycles. The fourth-order valence-electron chi connectivity index (χ4n) is 3.55. The van der Waals surface area contributed by atoms with E-state index in [0.29, 0.717) is 18.2 Å². The van der Waals surface area contributed by atoms with Crippen LogP contribution in [-0.2, 0) is 6.54 Å². The summed E-state index contributed by atoms with van der Waals surface area (Å²) in [6.07, 6.45) is 9.07. The first-order valence-electron chi connectivity index (χ1n) is 10.0. The SMILES string of the molecule is CN1CCN(Cc2c(C(=O)N/N=C\[C@H]3CC=CCC3)nnn2-c2nonc2N)CC1. The van der Waals surface area contributed by atoms with E-state index in [4.69, 9.17) is 10.4 Å². The average Bonchev–Trinajstić information content (AvgIpc) is 3.36. The first kappa shape index (κ1) is 20.2. The van der Waals surface area contributed by atoms with Crippen molar-refractivity contribution in [3.05, 3.63) is 23.5 Å². The maximum atomic E-state index is 12.8. The summed E-state index contributed by atoms with van der Waals surface area (Å²) in [5.41, 5.74) is 9.16. The highest BCUT2D eigenvalue weighted by atomic mass is 16.6. The summed E-state index contributed by atoms with van der Waals surface area (Å²) in [4.78, 5) is 17.3. The molecule has 1 aliphatic carbocycles. The number of amides is 1. The van der Waals surface area contributed by atoms with Gasteiger partial charge in [0, 0.05) is 38.9 Å². The number of likely N-dealkylation sites (N-methyl/N-ethyl adjacent to an activating group) is 1. The van der Waals surface area contributed by atoms with E-state index in [2.05, 4.69) is 60.2 Å². The third-order valence-electron chi connectivity index (χ3n) is 5.40. The number of allylic oxidation sites excluding steroid dienone is 2. The minimum absolute atomic E-state index is 0.0786. The van der Waals surface area contributed by atoms with Crippen LogP contribution < -0.4 is 11.2 Å². The maximum Gasteiger partial charge on any atom is 0.293 e. The predicted molar refractivity (Wildman–Crippen MR) is 109 cm³/mol. The number of nitrogens with two attached hydrogens (primary N) is 1. The molecule has 3 heterocycles. The highest BCUT2D eigenvalue weighted by Crippen LogP contribution is 2.19. The standard InChI is InChI=1S/C18H26N10O2/c1-26-7-9-27(10-8-26)12-14-15(21-25-28(14)17-16(19)23-30-24-17)18(29)22-20-11-13-5-3-2-4-6-13/h2-3,11,13H,4-10,12H2,1H3,(H2,19,23)(H,22,29)/b20-11-/t13-/m0/s1. The molecule has 160 valence electrons. The lowest BCUT2D eigenvalue weighted by molar-refractivity contribution is 0.0945. The molecule has 1 amide bonds. The summed E-state index contributed by atoms with van der Waals surface area (Å²) in [7, 11) is 2.09. The van der Waals surface area contributed by atoms with Gasteiger partial charge in [0.05, 0.1) is 5.69 Å². The predicted octanol–water partition coefficient (Wildman–Crippen LogP) is 0.0518. The molecule has 12 nitrogen and oxygen atoms in total. The highest BCUT2D eigenvalue weighted by Gasteiger charge is 2.26. The third-order valence-corrected chi connectivity index (χ3v) is 5.40. The fraction of sp³-hybridized carbons (Fsp3) is 0.556. The summed E-state index contributed by atoms with van der Waals surface area (Å²) in [6, 6.07) is 0. The molecule has 0 aromatic carbocycles. The van der Waals surface area contributed by atoms with Crippen molar-refractivity contribution in [2.45, 2.75) is 25.8 Å². The minimum atomic E-state index is -0.428. The first-order valence-corrected chi connectivity index (χ1v) is 10.0. The number of carbonyl (C=O) groups excluding carboxylic acids is 1. The lowest BCUT2D eigenvalue weighted by atomic mass is 9.96. The van der Waals surface area contributed by atoms with Crippen LogP contribution in [0.1, 0.15) is 35.4 Å². The molecule has 0 unspecified atom stereocenters. The Morgan fingerprint density at radius 1 is 1.33 bits per heavy atom. The van der Waals surface area contributed by atoms with Gasteiger partial charge in [-0.2, -0.15) is 9.78 Å². The Bertz CT molecular complexity index is 925. The molecule has 4 rings (SSSR count). The monoisotopic (exact) mass is 414 g/mol. The van der Waals surface area contributed by atoms with E-state index >= 15 is 0 Å². The number of nitrogen functional groups attached to an aromatic ring is 1. The van der Waals surface area contributed by atoms with Gasteiger partial charge in [0.2, 0.25) is 11.6 Å². The van der Waals surface area contributed by atoms with Crippen molar-refractivity contribution in [1.29, 1.82) is 0 Å². The van der Waals surface area contributed by atoms with Gasteiger partial charge in [0.1, 0.15) is 0 Å². The van der Waals surface area contributed by atoms with Crippen LogP contribution in [0.2, 0.25) is 0 Å². The normalized spacial score (nSPS) is 20.8. The Hall–Kier alpha value is -3.12. The number of hydrazone groups is 1. The molecular weight excluding hydrogens is 388 g/mol. The van der Waals surface area contributed by atoms with Gasteiger partial charge in [0.25, 0.3) is 5.91 Å². The minimum Gasteiger partial charge on any atom is -0.378 e. The van der Waals surface area contributed by atoms with E-state index in [-0.39, 0.29) is 17.3 Å². The topological polar surface area (TPSA) is 144 Å². The van der Waals surface area contributed by atoms with Crippen LogP contribution in [0.5, 0.6) is 0 Å². The molecule has 1 fully saturated rings. The Labute approximate surface area is 173 Å². The zero-order valence-corrected chi connectivity index (χ0v) is 16.9. The summed E-state index contributed by atoms with van der Waals surface area (Å²) in [6.45, 7) is 4.08. The smallest absolute Gasteiger partial charge is 0.293 e. The van der Waals surface area contributed by atoms with Gasteiger partial charge < -0.3 is 10.6 Å². The molecule has 0 radical (unpaired) electrons. The number of carbonyl (C=O) groups is 1. The van der Waals surface area contributed by atoms with Crippen LogP contribution in [-0.4, -0.2) is 80.5 Å². The van der Waals surface area contributed by atoms with Gasteiger partial charge >= 0.3 is 0 Å². The van der Waals surface area contributed by atoms with Crippen molar-refractivity contribution in [2.75, 3.05) is 39.0 Å². The maximum absolute atomic E-state index is 12.8.